The van der Waals surface area contributed by atoms with E-state index < -0.39 is 30.0 Å². The fraction of sp³-hybridized carbons (Fsp3) is 0.786. The first-order chi connectivity index (χ1) is 10.4. The van der Waals surface area contributed by atoms with Crippen molar-refractivity contribution in [1.82, 2.24) is 9.96 Å². The van der Waals surface area contributed by atoms with Gasteiger partial charge in [0.15, 0.2) is 0 Å². The molecule has 0 bridgehead atoms. The molecule has 22 heavy (non-hydrogen) atoms. The van der Waals surface area contributed by atoms with Gasteiger partial charge in [-0.05, 0) is 12.3 Å². The van der Waals surface area contributed by atoms with Crippen molar-refractivity contribution in [1.29, 1.82) is 0 Å². The summed E-state index contributed by atoms with van der Waals surface area (Å²) in [7, 11) is 0. The summed E-state index contributed by atoms with van der Waals surface area (Å²) in [5.41, 5.74) is 0. The van der Waals surface area contributed by atoms with E-state index >= 15 is 0 Å². The third-order valence-corrected chi connectivity index (χ3v) is 4.54. The molecule has 7 nitrogen and oxygen atoms in total. The number of carbonyl (C=O) groups is 3. The summed E-state index contributed by atoms with van der Waals surface area (Å²) in [6.45, 7) is -0.442. The van der Waals surface area contributed by atoms with E-state index in [1.807, 2.05) is 0 Å². The maximum Gasteiger partial charge on any atom is 0.326 e. The highest BCUT2D eigenvalue weighted by Crippen LogP contribution is 2.34. The molecule has 8 heteroatoms. The van der Waals surface area contributed by atoms with Crippen LogP contribution in [0.1, 0.15) is 32.1 Å². The number of rotatable bonds is 7. The topological polar surface area (TPSA) is 98.2 Å². The number of amides is 2. The number of alkyl halides is 1. The molecule has 1 aliphatic heterocycles. The number of aliphatic carboxylic acids is 1. The van der Waals surface area contributed by atoms with Gasteiger partial charge in [0, 0.05) is 6.42 Å². The Balaban J connectivity index is 2.08. The summed E-state index contributed by atoms with van der Waals surface area (Å²) in [5.74, 6) is -2.10. The molecule has 0 radical (unpaired) electrons. The van der Waals surface area contributed by atoms with Crippen LogP contribution in [0, 0.1) is 11.8 Å². The summed E-state index contributed by atoms with van der Waals surface area (Å²) in [6.07, 6.45) is 2.14. The Morgan fingerprint density at radius 3 is 2.59 bits per heavy atom. The number of halogens is 1. The van der Waals surface area contributed by atoms with Gasteiger partial charge in [-0.15, -0.1) is 0 Å². The summed E-state index contributed by atoms with van der Waals surface area (Å²) in [4.78, 5) is 35.4. The van der Waals surface area contributed by atoms with Crippen LogP contribution in [-0.4, -0.2) is 63.9 Å². The molecule has 0 spiro atoms. The van der Waals surface area contributed by atoms with Gasteiger partial charge in [-0.25, -0.2) is 14.2 Å². The van der Waals surface area contributed by atoms with Crippen molar-refractivity contribution in [2.24, 2.45) is 11.8 Å². The van der Waals surface area contributed by atoms with E-state index in [4.69, 9.17) is 5.11 Å². The van der Waals surface area contributed by atoms with Crippen molar-refractivity contribution in [3.8, 4) is 0 Å². The van der Waals surface area contributed by atoms with Crippen LogP contribution in [0.4, 0.5) is 4.39 Å². The zero-order chi connectivity index (χ0) is 16.3. The highest BCUT2D eigenvalue weighted by atomic mass is 19.1. The van der Waals surface area contributed by atoms with Gasteiger partial charge in [0.1, 0.15) is 12.2 Å². The number of hydrogen-bond donors (Lipinski definition) is 2. The maximum atomic E-state index is 13.5. The monoisotopic (exact) mass is 316 g/mol. The van der Waals surface area contributed by atoms with Crippen LogP contribution < -0.4 is 0 Å². The summed E-state index contributed by atoms with van der Waals surface area (Å²) >= 11 is 0. The second kappa shape index (κ2) is 7.04. The van der Waals surface area contributed by atoms with Crippen molar-refractivity contribution in [3.05, 3.63) is 0 Å². The Morgan fingerprint density at radius 2 is 2.09 bits per heavy atom. The number of hydrogen-bond acceptors (Lipinski definition) is 4. The summed E-state index contributed by atoms with van der Waals surface area (Å²) in [6, 6.07) is -1.17. The number of likely N-dealkylation sites (tertiary alicyclic amines) is 1. The molecule has 0 aromatic heterocycles. The lowest BCUT2D eigenvalue weighted by atomic mass is 9.78. The Morgan fingerprint density at radius 1 is 1.41 bits per heavy atom. The van der Waals surface area contributed by atoms with E-state index in [2.05, 4.69) is 0 Å². The van der Waals surface area contributed by atoms with Gasteiger partial charge >= 0.3 is 5.97 Å². The lowest BCUT2D eigenvalue weighted by Crippen LogP contribution is -2.46. The number of hydroxylamine groups is 2. The first-order valence-electron chi connectivity index (χ1n) is 7.50. The van der Waals surface area contributed by atoms with Crippen molar-refractivity contribution in [2.75, 3.05) is 13.1 Å². The largest absolute Gasteiger partial charge is 0.480 e. The van der Waals surface area contributed by atoms with Crippen molar-refractivity contribution >= 4 is 18.3 Å². The zero-order valence-corrected chi connectivity index (χ0v) is 12.2. The number of carbonyl (C=O) groups excluding carboxylic acids is 2. The highest BCUT2D eigenvalue weighted by molar-refractivity contribution is 5.86. The van der Waals surface area contributed by atoms with E-state index in [1.165, 1.54) is 0 Å². The van der Waals surface area contributed by atoms with Gasteiger partial charge in [0.2, 0.25) is 12.3 Å². The lowest BCUT2D eigenvalue weighted by Gasteiger charge is -2.32. The molecule has 1 saturated heterocycles. The van der Waals surface area contributed by atoms with Gasteiger partial charge in [-0.3, -0.25) is 14.8 Å². The van der Waals surface area contributed by atoms with E-state index in [-0.39, 0.29) is 25.9 Å². The van der Waals surface area contributed by atoms with Crippen LogP contribution in [-0.2, 0) is 14.4 Å². The summed E-state index contributed by atoms with van der Waals surface area (Å²) in [5, 5.41) is 18.9. The first kappa shape index (κ1) is 16.7. The third-order valence-electron chi connectivity index (χ3n) is 4.54. The first-order valence-corrected chi connectivity index (χ1v) is 7.50. The molecule has 3 unspecified atom stereocenters. The van der Waals surface area contributed by atoms with E-state index in [0.717, 1.165) is 24.2 Å². The molecule has 2 fully saturated rings. The molecular formula is C14H21FN2O5. The second-order valence-corrected chi connectivity index (χ2v) is 6.13. The van der Waals surface area contributed by atoms with Crippen LogP contribution in [0.15, 0.2) is 0 Å². The zero-order valence-electron chi connectivity index (χ0n) is 12.2. The molecular weight excluding hydrogens is 295 g/mol. The van der Waals surface area contributed by atoms with Crippen LogP contribution in [0.3, 0.4) is 0 Å². The average Bonchev–Trinajstić information content (AvgIpc) is 2.82. The quantitative estimate of drug-likeness (QED) is 0.408. The number of carboxylic acid groups (broad SMARTS) is 1. The Hall–Kier alpha value is -1.70. The molecule has 2 N–H and O–H groups in total. The lowest BCUT2D eigenvalue weighted by molar-refractivity contribution is -0.160. The molecule has 1 heterocycles. The Kier molecular flexibility index (Phi) is 5.33. The van der Waals surface area contributed by atoms with Crippen LogP contribution >= 0.6 is 0 Å². The average molecular weight is 316 g/mol. The predicted octanol–water partition coefficient (Wildman–Crippen LogP) is 0.664. The van der Waals surface area contributed by atoms with E-state index in [0.29, 0.717) is 17.4 Å². The molecule has 3 atom stereocenters. The number of carboxylic acids is 1. The normalized spacial score (nSPS) is 26.4. The highest BCUT2D eigenvalue weighted by Gasteiger charge is 2.42. The van der Waals surface area contributed by atoms with Gasteiger partial charge in [-0.1, -0.05) is 19.3 Å². The standard InChI is InChI=1S/C14H21FN2O5/c15-11-5-12(14(20)21)17(7-11)13(19)10(6-16(22)8-18)4-9-2-1-3-9/h8-12,22H,1-7H2,(H,20,21). The van der Waals surface area contributed by atoms with Gasteiger partial charge in [-0.2, -0.15) is 0 Å². The van der Waals surface area contributed by atoms with Gasteiger partial charge in [0.25, 0.3) is 0 Å². The smallest absolute Gasteiger partial charge is 0.326 e. The third kappa shape index (κ3) is 3.73. The molecule has 2 rings (SSSR count). The van der Waals surface area contributed by atoms with Crippen molar-refractivity contribution < 1.29 is 29.1 Å². The molecule has 1 aliphatic carbocycles. The fourth-order valence-electron chi connectivity index (χ4n) is 3.15. The van der Waals surface area contributed by atoms with Gasteiger partial charge < -0.3 is 10.0 Å². The molecule has 2 amide bonds. The fourth-order valence-corrected chi connectivity index (χ4v) is 3.15. The maximum absolute atomic E-state index is 13.5. The minimum atomic E-state index is -1.36. The Labute approximate surface area is 127 Å². The van der Waals surface area contributed by atoms with Crippen LogP contribution in [0.5, 0.6) is 0 Å². The molecule has 1 saturated carbocycles. The van der Waals surface area contributed by atoms with Crippen molar-refractivity contribution in [3.63, 3.8) is 0 Å². The minimum absolute atomic E-state index is 0.196. The number of nitrogens with zero attached hydrogens (tertiary/aromatic N) is 2. The SMILES string of the molecule is O=CN(O)CC(CC1CCC1)C(=O)N1CC(F)CC1C(=O)O. The molecule has 124 valence electrons. The molecule has 0 aromatic carbocycles. The predicted molar refractivity (Wildman–Crippen MR) is 72.7 cm³/mol. The Bertz CT molecular complexity index is 443. The van der Waals surface area contributed by atoms with Gasteiger partial charge in [0.05, 0.1) is 19.0 Å². The molecule has 2 aliphatic rings. The molecule has 0 aromatic rings. The minimum Gasteiger partial charge on any atom is -0.480 e. The summed E-state index contributed by atoms with van der Waals surface area (Å²) < 4.78 is 13.5. The van der Waals surface area contributed by atoms with Crippen molar-refractivity contribution in [2.45, 2.75) is 44.3 Å². The van der Waals surface area contributed by atoms with E-state index in [1.54, 1.807) is 0 Å². The van der Waals surface area contributed by atoms with Crippen LogP contribution in [0.25, 0.3) is 0 Å². The second-order valence-electron chi connectivity index (χ2n) is 6.13. The van der Waals surface area contributed by atoms with E-state index in [9.17, 15) is 24.0 Å². The van der Waals surface area contributed by atoms with Crippen LogP contribution in [0.2, 0.25) is 0 Å².